The van der Waals surface area contributed by atoms with Crippen LogP contribution in [0.3, 0.4) is 0 Å². The van der Waals surface area contributed by atoms with Gasteiger partial charge in [-0.15, -0.1) is 0 Å². The van der Waals surface area contributed by atoms with E-state index >= 15 is 0 Å². The molecule has 0 amide bonds. The predicted octanol–water partition coefficient (Wildman–Crippen LogP) is 4.26. The number of aromatic hydroxyl groups is 2. The zero-order valence-electron chi connectivity index (χ0n) is 14.1. The van der Waals surface area contributed by atoms with Gasteiger partial charge in [0.1, 0.15) is 11.5 Å². The zero-order chi connectivity index (χ0) is 17.8. The van der Waals surface area contributed by atoms with E-state index in [1.165, 1.54) is 0 Å². The molecule has 0 aliphatic rings. The first-order valence-corrected chi connectivity index (χ1v) is 8.44. The molecule has 1 heterocycles. The third-order valence-electron chi connectivity index (χ3n) is 4.24. The first-order valence-electron chi connectivity index (χ1n) is 8.44. The molecule has 0 atom stereocenters. The van der Waals surface area contributed by atoms with E-state index in [1.54, 1.807) is 34.9 Å². The van der Waals surface area contributed by atoms with Gasteiger partial charge in [-0.05, 0) is 54.8 Å². The summed E-state index contributed by atoms with van der Waals surface area (Å²) < 4.78 is 1.62. The van der Waals surface area contributed by atoms with Gasteiger partial charge in [0.2, 0.25) is 0 Å². The number of pyridine rings is 1. The fraction of sp³-hybridized carbons (Fsp3) is 0.190. The van der Waals surface area contributed by atoms with Crippen LogP contribution in [0.15, 0.2) is 65.5 Å². The molecule has 0 radical (unpaired) electrons. The molecule has 4 heteroatoms. The molecular weight excluding hydrogens is 314 g/mol. The predicted molar refractivity (Wildman–Crippen MR) is 99.4 cm³/mol. The Morgan fingerprint density at radius 2 is 1.64 bits per heavy atom. The van der Waals surface area contributed by atoms with Crippen molar-refractivity contribution in [2.45, 2.75) is 26.2 Å². The normalized spacial score (nSPS) is 10.8. The maximum atomic E-state index is 13.1. The van der Waals surface area contributed by atoms with Crippen LogP contribution in [0.4, 0.5) is 0 Å². The Kier molecular flexibility index (Phi) is 4.89. The number of phenolic OH excluding ortho intramolecular Hbond substituents is 1. The second-order valence-electron chi connectivity index (χ2n) is 6.02. The molecule has 25 heavy (non-hydrogen) atoms. The minimum Gasteiger partial charge on any atom is -0.508 e. The highest BCUT2D eigenvalue weighted by Crippen LogP contribution is 2.28. The summed E-state index contributed by atoms with van der Waals surface area (Å²) in [5.74, 6) is 0.176. The SMILES string of the molecule is CCCCc1c(O)cc(-c2ccc(O)cc2)n(-c2ccccc2)c1=O. The number of hydrogen-bond acceptors (Lipinski definition) is 3. The monoisotopic (exact) mass is 335 g/mol. The standard InChI is InChI=1S/C21H21NO3/c1-2-3-9-18-20(24)14-19(15-10-12-17(23)13-11-15)22(21(18)25)16-7-5-4-6-8-16/h4-8,10-14,23-24H,2-3,9H2,1H3. The first kappa shape index (κ1) is 16.8. The molecule has 0 saturated heterocycles. The Balaban J connectivity index is 2.27. The second kappa shape index (κ2) is 7.26. The zero-order valence-corrected chi connectivity index (χ0v) is 14.1. The Hall–Kier alpha value is -3.01. The molecule has 2 N–H and O–H groups in total. The molecule has 0 bridgehead atoms. The average molecular weight is 335 g/mol. The number of benzene rings is 2. The number of hydrogen-bond donors (Lipinski definition) is 2. The highest BCUT2D eigenvalue weighted by molar-refractivity contribution is 5.65. The lowest BCUT2D eigenvalue weighted by atomic mass is 10.0. The van der Waals surface area contributed by atoms with E-state index in [0.717, 1.165) is 24.1 Å². The largest absolute Gasteiger partial charge is 0.508 e. The maximum absolute atomic E-state index is 13.1. The third-order valence-corrected chi connectivity index (χ3v) is 4.24. The summed E-state index contributed by atoms with van der Waals surface area (Å²) in [5, 5.41) is 19.9. The molecule has 0 spiro atoms. The van der Waals surface area contributed by atoms with E-state index in [1.807, 2.05) is 30.3 Å². The van der Waals surface area contributed by atoms with Crippen molar-refractivity contribution in [2.24, 2.45) is 0 Å². The molecule has 4 nitrogen and oxygen atoms in total. The van der Waals surface area contributed by atoms with Crippen molar-refractivity contribution in [3.63, 3.8) is 0 Å². The van der Waals surface area contributed by atoms with Crippen LogP contribution < -0.4 is 5.56 Å². The second-order valence-corrected chi connectivity index (χ2v) is 6.02. The van der Waals surface area contributed by atoms with E-state index in [0.29, 0.717) is 17.7 Å². The van der Waals surface area contributed by atoms with Crippen LogP contribution in [0.1, 0.15) is 25.3 Å². The summed E-state index contributed by atoms with van der Waals surface area (Å²) in [5.41, 5.74) is 2.31. The van der Waals surface area contributed by atoms with Gasteiger partial charge < -0.3 is 10.2 Å². The molecule has 0 fully saturated rings. The minimum atomic E-state index is -0.206. The Morgan fingerprint density at radius 1 is 0.960 bits per heavy atom. The van der Waals surface area contributed by atoms with Crippen LogP contribution in [0, 0.1) is 0 Å². The number of unbranched alkanes of at least 4 members (excludes halogenated alkanes) is 1. The summed E-state index contributed by atoms with van der Waals surface area (Å²) in [6.07, 6.45) is 2.34. The summed E-state index contributed by atoms with van der Waals surface area (Å²) >= 11 is 0. The van der Waals surface area contributed by atoms with Gasteiger partial charge in [-0.25, -0.2) is 0 Å². The van der Waals surface area contributed by atoms with Gasteiger partial charge in [-0.1, -0.05) is 31.5 Å². The van der Waals surface area contributed by atoms with E-state index in [2.05, 4.69) is 6.92 Å². The third kappa shape index (κ3) is 3.43. The topological polar surface area (TPSA) is 62.5 Å². The van der Waals surface area contributed by atoms with E-state index in [-0.39, 0.29) is 17.1 Å². The molecule has 0 aliphatic carbocycles. The quantitative estimate of drug-likeness (QED) is 0.732. The summed E-state index contributed by atoms with van der Waals surface area (Å²) in [7, 11) is 0. The van der Waals surface area contributed by atoms with Gasteiger partial charge in [-0.3, -0.25) is 9.36 Å². The molecular formula is C21H21NO3. The lowest BCUT2D eigenvalue weighted by Gasteiger charge is -2.16. The Morgan fingerprint density at radius 3 is 2.28 bits per heavy atom. The smallest absolute Gasteiger partial charge is 0.262 e. The average Bonchev–Trinajstić information content (AvgIpc) is 2.62. The van der Waals surface area contributed by atoms with Crippen molar-refractivity contribution in [1.29, 1.82) is 0 Å². The van der Waals surface area contributed by atoms with Crippen molar-refractivity contribution >= 4 is 0 Å². The highest BCUT2D eigenvalue weighted by Gasteiger charge is 2.16. The van der Waals surface area contributed by atoms with Crippen LogP contribution in [-0.4, -0.2) is 14.8 Å². The number of rotatable bonds is 5. The summed E-state index contributed by atoms with van der Waals surface area (Å²) in [4.78, 5) is 13.1. The number of phenols is 1. The van der Waals surface area contributed by atoms with E-state index in [4.69, 9.17) is 0 Å². The van der Waals surface area contributed by atoms with Gasteiger partial charge in [0.05, 0.1) is 11.3 Å². The van der Waals surface area contributed by atoms with Crippen LogP contribution >= 0.6 is 0 Å². The van der Waals surface area contributed by atoms with Crippen molar-refractivity contribution in [3.05, 3.63) is 76.6 Å². The molecule has 0 saturated carbocycles. The fourth-order valence-corrected chi connectivity index (χ4v) is 2.90. The van der Waals surface area contributed by atoms with Crippen LogP contribution in [0.25, 0.3) is 16.9 Å². The first-order chi connectivity index (χ1) is 12.1. The number of para-hydroxylation sites is 1. The van der Waals surface area contributed by atoms with Crippen molar-refractivity contribution in [3.8, 4) is 28.4 Å². The number of nitrogens with zero attached hydrogens (tertiary/aromatic N) is 1. The summed E-state index contributed by atoms with van der Waals surface area (Å²) in [6, 6.07) is 17.6. The minimum absolute atomic E-state index is 0.0220. The summed E-state index contributed by atoms with van der Waals surface area (Å²) in [6.45, 7) is 2.05. The van der Waals surface area contributed by atoms with Crippen LogP contribution in [0.2, 0.25) is 0 Å². The number of aromatic nitrogens is 1. The molecule has 0 unspecified atom stereocenters. The molecule has 3 rings (SSSR count). The van der Waals surface area contributed by atoms with Gasteiger partial charge >= 0.3 is 0 Å². The van der Waals surface area contributed by atoms with Crippen molar-refractivity contribution in [2.75, 3.05) is 0 Å². The van der Waals surface area contributed by atoms with Gasteiger partial charge in [0.25, 0.3) is 5.56 Å². The molecule has 2 aromatic carbocycles. The molecule has 3 aromatic rings. The van der Waals surface area contributed by atoms with Crippen LogP contribution in [0.5, 0.6) is 11.5 Å². The van der Waals surface area contributed by atoms with Gasteiger partial charge in [-0.2, -0.15) is 0 Å². The van der Waals surface area contributed by atoms with Gasteiger partial charge in [0.15, 0.2) is 0 Å². The highest BCUT2D eigenvalue weighted by atomic mass is 16.3. The lowest BCUT2D eigenvalue weighted by molar-refractivity contribution is 0.464. The van der Waals surface area contributed by atoms with E-state index in [9.17, 15) is 15.0 Å². The Labute approximate surface area is 146 Å². The Bertz CT molecular complexity index is 912. The van der Waals surface area contributed by atoms with Gasteiger partial charge in [0, 0.05) is 11.8 Å². The van der Waals surface area contributed by atoms with E-state index < -0.39 is 0 Å². The molecule has 128 valence electrons. The van der Waals surface area contributed by atoms with Crippen molar-refractivity contribution < 1.29 is 10.2 Å². The lowest BCUT2D eigenvalue weighted by Crippen LogP contribution is -2.24. The fourth-order valence-electron chi connectivity index (χ4n) is 2.90. The van der Waals surface area contributed by atoms with Crippen molar-refractivity contribution in [1.82, 2.24) is 4.57 Å². The van der Waals surface area contributed by atoms with Crippen LogP contribution in [-0.2, 0) is 6.42 Å². The maximum Gasteiger partial charge on any atom is 0.262 e. The molecule has 1 aromatic heterocycles. The molecule has 0 aliphatic heterocycles.